The minimum atomic E-state index is -0.473. The summed E-state index contributed by atoms with van der Waals surface area (Å²) in [5.41, 5.74) is 0.639. The van der Waals surface area contributed by atoms with Gasteiger partial charge < -0.3 is 9.64 Å². The zero-order chi connectivity index (χ0) is 16.6. The standard InChI is InChI=1S/C16H16N4O3/c1-16(2)10-19(5-6-23-16)15-7-11(9-17)13-8-12(20(21)22)3-4-14(13)18-15/h3-4,7-8H,5-6,10H2,1-2H3. The molecule has 0 radical (unpaired) electrons. The van der Waals surface area contributed by atoms with Crippen LogP contribution in [0, 0.1) is 21.4 Å². The first-order chi connectivity index (χ1) is 10.9. The lowest BCUT2D eigenvalue weighted by Gasteiger charge is -2.38. The smallest absolute Gasteiger partial charge is 0.270 e. The molecule has 1 aromatic carbocycles. The number of ether oxygens (including phenoxy) is 1. The Morgan fingerprint density at radius 3 is 2.87 bits per heavy atom. The fourth-order valence-electron chi connectivity index (χ4n) is 2.78. The number of morpholine rings is 1. The number of hydrogen-bond donors (Lipinski definition) is 0. The van der Waals surface area contributed by atoms with Gasteiger partial charge in [0.25, 0.3) is 5.69 Å². The average Bonchev–Trinajstić information content (AvgIpc) is 2.52. The number of aromatic nitrogens is 1. The van der Waals surface area contributed by atoms with E-state index in [-0.39, 0.29) is 11.3 Å². The van der Waals surface area contributed by atoms with Gasteiger partial charge in [0.1, 0.15) is 5.82 Å². The molecule has 1 aliphatic heterocycles. The summed E-state index contributed by atoms with van der Waals surface area (Å²) in [6.45, 7) is 5.97. The normalized spacial score (nSPS) is 17.0. The fourth-order valence-corrected chi connectivity index (χ4v) is 2.78. The van der Waals surface area contributed by atoms with Crippen molar-refractivity contribution in [2.45, 2.75) is 19.4 Å². The number of nitrogens with zero attached hydrogens (tertiary/aromatic N) is 4. The van der Waals surface area contributed by atoms with E-state index in [1.165, 1.54) is 12.1 Å². The van der Waals surface area contributed by atoms with Crippen LogP contribution in [0.15, 0.2) is 24.3 Å². The Morgan fingerprint density at radius 1 is 1.43 bits per heavy atom. The van der Waals surface area contributed by atoms with Crippen molar-refractivity contribution in [1.82, 2.24) is 4.98 Å². The summed E-state index contributed by atoms with van der Waals surface area (Å²) in [4.78, 5) is 17.1. The molecule has 0 bridgehead atoms. The predicted molar refractivity (Wildman–Crippen MR) is 85.4 cm³/mol. The molecule has 118 valence electrons. The van der Waals surface area contributed by atoms with Gasteiger partial charge in [0.15, 0.2) is 0 Å². The zero-order valence-electron chi connectivity index (χ0n) is 12.9. The third-order valence-corrected chi connectivity index (χ3v) is 3.86. The second-order valence-corrected chi connectivity index (χ2v) is 6.13. The monoisotopic (exact) mass is 312 g/mol. The van der Waals surface area contributed by atoms with Crippen LogP contribution in [0.3, 0.4) is 0 Å². The van der Waals surface area contributed by atoms with Gasteiger partial charge in [0, 0.05) is 30.6 Å². The summed E-state index contributed by atoms with van der Waals surface area (Å²) in [7, 11) is 0. The molecule has 3 rings (SSSR count). The quantitative estimate of drug-likeness (QED) is 0.625. The van der Waals surface area contributed by atoms with Crippen LogP contribution in [0.2, 0.25) is 0 Å². The van der Waals surface area contributed by atoms with E-state index in [1.54, 1.807) is 12.1 Å². The van der Waals surface area contributed by atoms with Crippen LogP contribution in [0.25, 0.3) is 10.9 Å². The van der Waals surface area contributed by atoms with E-state index >= 15 is 0 Å². The molecule has 23 heavy (non-hydrogen) atoms. The summed E-state index contributed by atoms with van der Waals surface area (Å²) >= 11 is 0. The number of anilines is 1. The van der Waals surface area contributed by atoms with Gasteiger partial charge in [-0.05, 0) is 26.0 Å². The molecule has 1 fully saturated rings. The largest absolute Gasteiger partial charge is 0.372 e. The van der Waals surface area contributed by atoms with Crippen LogP contribution in [-0.4, -0.2) is 35.2 Å². The predicted octanol–water partition coefficient (Wildman–Crippen LogP) is 2.63. The van der Waals surface area contributed by atoms with Crippen molar-refractivity contribution in [3.8, 4) is 6.07 Å². The Hall–Kier alpha value is -2.72. The molecular weight excluding hydrogens is 296 g/mol. The molecule has 7 heteroatoms. The molecule has 1 aliphatic rings. The first-order valence-corrected chi connectivity index (χ1v) is 7.28. The lowest BCUT2D eigenvalue weighted by molar-refractivity contribution is -0.384. The number of fused-ring (bicyclic) bond motifs is 1. The van der Waals surface area contributed by atoms with Crippen molar-refractivity contribution >= 4 is 22.4 Å². The summed E-state index contributed by atoms with van der Waals surface area (Å²) in [5, 5.41) is 20.8. The van der Waals surface area contributed by atoms with Crippen molar-refractivity contribution in [3.05, 3.63) is 39.9 Å². The van der Waals surface area contributed by atoms with Gasteiger partial charge in [0.2, 0.25) is 0 Å². The maximum Gasteiger partial charge on any atom is 0.270 e. The second kappa shape index (κ2) is 5.48. The highest BCUT2D eigenvalue weighted by atomic mass is 16.6. The number of nitriles is 1. The number of benzene rings is 1. The van der Waals surface area contributed by atoms with Crippen LogP contribution in [0.4, 0.5) is 11.5 Å². The highest BCUT2D eigenvalue weighted by Crippen LogP contribution is 2.28. The number of nitro benzene ring substituents is 1. The number of rotatable bonds is 2. The van der Waals surface area contributed by atoms with E-state index in [2.05, 4.69) is 16.0 Å². The lowest BCUT2D eigenvalue weighted by atomic mass is 10.1. The molecule has 0 aliphatic carbocycles. The maximum atomic E-state index is 10.9. The van der Waals surface area contributed by atoms with Crippen LogP contribution in [-0.2, 0) is 4.74 Å². The van der Waals surface area contributed by atoms with E-state index in [9.17, 15) is 15.4 Å². The number of non-ortho nitro benzene ring substituents is 1. The molecule has 0 spiro atoms. The van der Waals surface area contributed by atoms with Crippen molar-refractivity contribution < 1.29 is 9.66 Å². The summed E-state index contributed by atoms with van der Waals surface area (Å²) in [6.07, 6.45) is 0. The third-order valence-electron chi connectivity index (χ3n) is 3.86. The first kappa shape index (κ1) is 15.2. The molecule has 0 atom stereocenters. The summed E-state index contributed by atoms with van der Waals surface area (Å²) < 4.78 is 5.69. The average molecular weight is 312 g/mol. The minimum absolute atomic E-state index is 0.0453. The zero-order valence-corrected chi connectivity index (χ0v) is 12.9. The minimum Gasteiger partial charge on any atom is -0.372 e. The Kier molecular flexibility index (Phi) is 3.62. The van der Waals surface area contributed by atoms with Gasteiger partial charge in [-0.1, -0.05) is 0 Å². The van der Waals surface area contributed by atoms with E-state index in [0.29, 0.717) is 42.0 Å². The third kappa shape index (κ3) is 2.94. The van der Waals surface area contributed by atoms with Crippen LogP contribution >= 0.6 is 0 Å². The Bertz CT molecular complexity index is 826. The Morgan fingerprint density at radius 2 is 2.22 bits per heavy atom. The maximum absolute atomic E-state index is 10.9. The highest BCUT2D eigenvalue weighted by Gasteiger charge is 2.28. The van der Waals surface area contributed by atoms with Crippen LogP contribution < -0.4 is 4.90 Å². The fraction of sp³-hybridized carbons (Fsp3) is 0.375. The molecule has 0 amide bonds. The van der Waals surface area contributed by atoms with Gasteiger partial charge in [-0.2, -0.15) is 5.26 Å². The number of pyridine rings is 1. The topological polar surface area (TPSA) is 92.3 Å². The van der Waals surface area contributed by atoms with Crippen LogP contribution in [0.5, 0.6) is 0 Å². The Balaban J connectivity index is 2.08. The van der Waals surface area contributed by atoms with Gasteiger partial charge in [-0.25, -0.2) is 4.98 Å². The van der Waals surface area contributed by atoms with Gasteiger partial charge in [-0.3, -0.25) is 10.1 Å². The highest BCUT2D eigenvalue weighted by molar-refractivity contribution is 5.88. The van der Waals surface area contributed by atoms with E-state index in [1.807, 2.05) is 13.8 Å². The SMILES string of the molecule is CC1(C)CN(c2cc(C#N)c3cc([N+](=O)[O-])ccc3n2)CCO1. The first-order valence-electron chi connectivity index (χ1n) is 7.28. The van der Waals surface area contributed by atoms with Gasteiger partial charge in [0.05, 0.1) is 34.3 Å². The molecule has 2 heterocycles. The Labute approximate surface area is 133 Å². The van der Waals surface area contributed by atoms with Crippen molar-refractivity contribution in [3.63, 3.8) is 0 Å². The summed E-state index contributed by atoms with van der Waals surface area (Å²) in [6, 6.07) is 8.19. The lowest BCUT2D eigenvalue weighted by Crippen LogP contribution is -2.48. The number of hydrogen-bond acceptors (Lipinski definition) is 6. The van der Waals surface area contributed by atoms with Crippen LogP contribution in [0.1, 0.15) is 19.4 Å². The molecule has 0 N–H and O–H groups in total. The molecule has 7 nitrogen and oxygen atoms in total. The van der Waals surface area contributed by atoms with Crippen molar-refractivity contribution in [1.29, 1.82) is 5.26 Å². The van der Waals surface area contributed by atoms with E-state index in [0.717, 1.165) is 0 Å². The van der Waals surface area contributed by atoms with Crippen molar-refractivity contribution in [2.75, 3.05) is 24.6 Å². The molecule has 2 aromatic rings. The summed E-state index contributed by atoms with van der Waals surface area (Å²) in [5.74, 6) is 0.694. The van der Waals surface area contributed by atoms with Crippen molar-refractivity contribution in [2.24, 2.45) is 0 Å². The molecule has 1 aromatic heterocycles. The number of nitro groups is 1. The molecule has 0 saturated carbocycles. The molecule has 1 saturated heterocycles. The molecule has 0 unspecified atom stereocenters. The van der Waals surface area contributed by atoms with E-state index < -0.39 is 4.92 Å². The molecular formula is C16H16N4O3. The van der Waals surface area contributed by atoms with E-state index in [4.69, 9.17) is 4.74 Å². The second-order valence-electron chi connectivity index (χ2n) is 6.13. The van der Waals surface area contributed by atoms with Gasteiger partial charge >= 0.3 is 0 Å². The van der Waals surface area contributed by atoms with Gasteiger partial charge in [-0.15, -0.1) is 0 Å².